The van der Waals surface area contributed by atoms with Crippen LogP contribution in [0.2, 0.25) is 0 Å². The van der Waals surface area contributed by atoms with E-state index < -0.39 is 5.97 Å². The van der Waals surface area contributed by atoms with Crippen molar-refractivity contribution in [3.63, 3.8) is 0 Å². The smallest absolute Gasteiger partial charge is 0.352 e. The number of rotatable bonds is 2. The highest BCUT2D eigenvalue weighted by Crippen LogP contribution is 2.21. The van der Waals surface area contributed by atoms with Gasteiger partial charge in [0.05, 0.1) is 5.52 Å². The Morgan fingerprint density at radius 2 is 1.89 bits per heavy atom. The summed E-state index contributed by atoms with van der Waals surface area (Å²) in [7, 11) is 0. The standard InChI is InChI=1S/C15H17NO3/c1-15(2,3)9-16-11-7-5-4-6-10(11)13(17)8-12(16)14(18)19/h4-8H,9H2,1-3H3,(H,18,19). The second-order valence-corrected chi connectivity index (χ2v) is 5.86. The molecule has 0 bridgehead atoms. The summed E-state index contributed by atoms with van der Waals surface area (Å²) in [5.74, 6) is -1.08. The van der Waals surface area contributed by atoms with Crippen molar-refractivity contribution >= 4 is 16.9 Å². The fourth-order valence-electron chi connectivity index (χ4n) is 2.15. The van der Waals surface area contributed by atoms with E-state index in [0.717, 1.165) is 0 Å². The lowest BCUT2D eigenvalue weighted by Gasteiger charge is -2.23. The zero-order valence-electron chi connectivity index (χ0n) is 11.3. The fraction of sp³-hybridized carbons (Fsp3) is 0.333. The molecule has 4 heteroatoms. The van der Waals surface area contributed by atoms with Crippen LogP contribution in [0.25, 0.3) is 10.9 Å². The first-order valence-electron chi connectivity index (χ1n) is 6.15. The number of carboxylic acid groups (broad SMARTS) is 1. The highest BCUT2D eigenvalue weighted by atomic mass is 16.4. The van der Waals surface area contributed by atoms with Crippen molar-refractivity contribution in [1.29, 1.82) is 0 Å². The lowest BCUT2D eigenvalue weighted by Crippen LogP contribution is -2.24. The minimum atomic E-state index is -1.08. The number of aromatic carboxylic acids is 1. The van der Waals surface area contributed by atoms with E-state index in [1.807, 2.05) is 26.8 Å². The highest BCUT2D eigenvalue weighted by Gasteiger charge is 2.19. The van der Waals surface area contributed by atoms with Crippen LogP contribution in [-0.2, 0) is 6.54 Å². The van der Waals surface area contributed by atoms with Gasteiger partial charge in [-0.25, -0.2) is 4.79 Å². The van der Waals surface area contributed by atoms with E-state index in [1.54, 1.807) is 22.8 Å². The van der Waals surface area contributed by atoms with Gasteiger partial charge in [-0.3, -0.25) is 4.79 Å². The Labute approximate surface area is 111 Å². The Bertz CT molecular complexity index is 693. The quantitative estimate of drug-likeness (QED) is 0.902. The van der Waals surface area contributed by atoms with Gasteiger partial charge in [-0.15, -0.1) is 0 Å². The molecule has 1 N–H and O–H groups in total. The summed E-state index contributed by atoms with van der Waals surface area (Å²) < 4.78 is 1.71. The summed E-state index contributed by atoms with van der Waals surface area (Å²) in [6.07, 6.45) is 0. The second kappa shape index (κ2) is 4.53. The van der Waals surface area contributed by atoms with Crippen molar-refractivity contribution in [1.82, 2.24) is 4.57 Å². The molecule has 1 heterocycles. The van der Waals surface area contributed by atoms with Crippen molar-refractivity contribution in [2.24, 2.45) is 5.41 Å². The molecule has 0 fully saturated rings. The summed E-state index contributed by atoms with van der Waals surface area (Å²) in [6, 6.07) is 8.31. The van der Waals surface area contributed by atoms with Gasteiger partial charge >= 0.3 is 5.97 Å². The monoisotopic (exact) mass is 259 g/mol. The average molecular weight is 259 g/mol. The van der Waals surface area contributed by atoms with Crippen LogP contribution in [0.1, 0.15) is 31.3 Å². The lowest BCUT2D eigenvalue weighted by molar-refractivity contribution is 0.0682. The van der Waals surface area contributed by atoms with Crippen molar-refractivity contribution in [2.45, 2.75) is 27.3 Å². The molecule has 1 aromatic carbocycles. The molecular formula is C15H17NO3. The van der Waals surface area contributed by atoms with Crippen LogP contribution in [0, 0.1) is 5.41 Å². The van der Waals surface area contributed by atoms with E-state index in [1.165, 1.54) is 6.07 Å². The Morgan fingerprint density at radius 3 is 2.47 bits per heavy atom. The number of para-hydroxylation sites is 1. The number of carbonyl (C=O) groups is 1. The molecule has 0 saturated carbocycles. The summed E-state index contributed by atoms with van der Waals surface area (Å²) in [5.41, 5.74) is 0.376. The zero-order chi connectivity index (χ0) is 14.2. The number of fused-ring (bicyclic) bond motifs is 1. The van der Waals surface area contributed by atoms with Gasteiger partial charge in [-0.2, -0.15) is 0 Å². The maximum Gasteiger partial charge on any atom is 0.352 e. The molecule has 0 amide bonds. The van der Waals surface area contributed by atoms with Crippen LogP contribution >= 0.6 is 0 Å². The third kappa shape index (κ3) is 2.67. The van der Waals surface area contributed by atoms with Crippen LogP contribution < -0.4 is 5.43 Å². The van der Waals surface area contributed by atoms with E-state index in [4.69, 9.17) is 0 Å². The molecule has 0 aliphatic rings. The lowest BCUT2D eigenvalue weighted by atomic mass is 9.96. The molecule has 0 radical (unpaired) electrons. The first-order valence-corrected chi connectivity index (χ1v) is 6.15. The number of carboxylic acids is 1. The van der Waals surface area contributed by atoms with Crippen LogP contribution in [0.15, 0.2) is 35.1 Å². The number of nitrogens with zero attached hydrogens (tertiary/aromatic N) is 1. The molecule has 0 atom stereocenters. The maximum absolute atomic E-state index is 11.9. The number of hydrogen-bond donors (Lipinski definition) is 1. The van der Waals surface area contributed by atoms with Gasteiger partial charge in [0.2, 0.25) is 0 Å². The number of pyridine rings is 1. The molecule has 1 aromatic heterocycles. The maximum atomic E-state index is 11.9. The Hall–Kier alpha value is -2.10. The summed E-state index contributed by atoms with van der Waals surface area (Å²) in [6.45, 7) is 6.64. The van der Waals surface area contributed by atoms with Crippen molar-refractivity contribution < 1.29 is 9.90 Å². The minimum Gasteiger partial charge on any atom is -0.477 e. The second-order valence-electron chi connectivity index (χ2n) is 5.86. The predicted octanol–water partition coefficient (Wildman–Crippen LogP) is 2.75. The zero-order valence-corrected chi connectivity index (χ0v) is 11.3. The summed E-state index contributed by atoms with van der Waals surface area (Å²) in [4.78, 5) is 23.3. The minimum absolute atomic E-state index is 0.0404. The molecule has 0 unspecified atom stereocenters. The molecule has 4 nitrogen and oxygen atoms in total. The van der Waals surface area contributed by atoms with E-state index in [-0.39, 0.29) is 16.5 Å². The number of aromatic nitrogens is 1. The Morgan fingerprint density at radius 1 is 1.26 bits per heavy atom. The van der Waals surface area contributed by atoms with Gasteiger partial charge in [0.25, 0.3) is 0 Å². The number of benzene rings is 1. The molecule has 2 aromatic rings. The first-order chi connectivity index (χ1) is 8.79. The van der Waals surface area contributed by atoms with Gasteiger partial charge in [-0.05, 0) is 17.5 Å². The van der Waals surface area contributed by atoms with Crippen LogP contribution in [0.3, 0.4) is 0 Å². The van der Waals surface area contributed by atoms with E-state index in [9.17, 15) is 14.7 Å². The van der Waals surface area contributed by atoms with Gasteiger partial charge in [-0.1, -0.05) is 32.9 Å². The molecule has 0 saturated heterocycles. The van der Waals surface area contributed by atoms with Gasteiger partial charge in [0.1, 0.15) is 5.69 Å². The van der Waals surface area contributed by atoms with Crippen molar-refractivity contribution in [3.8, 4) is 0 Å². The molecule has 0 spiro atoms. The molecule has 2 rings (SSSR count). The molecule has 0 aliphatic heterocycles. The first kappa shape index (κ1) is 13.3. The van der Waals surface area contributed by atoms with Crippen LogP contribution in [0.4, 0.5) is 0 Å². The normalized spacial score (nSPS) is 11.7. The molecule has 19 heavy (non-hydrogen) atoms. The van der Waals surface area contributed by atoms with Gasteiger partial charge in [0.15, 0.2) is 5.43 Å². The van der Waals surface area contributed by atoms with E-state index in [0.29, 0.717) is 17.4 Å². The SMILES string of the molecule is CC(C)(C)Cn1c(C(=O)O)cc(=O)c2ccccc21. The topological polar surface area (TPSA) is 59.3 Å². The molecule has 100 valence electrons. The third-order valence-electron chi connectivity index (χ3n) is 2.87. The fourth-order valence-corrected chi connectivity index (χ4v) is 2.15. The van der Waals surface area contributed by atoms with Gasteiger partial charge < -0.3 is 9.67 Å². The summed E-state index contributed by atoms with van der Waals surface area (Å²) in [5, 5.41) is 9.84. The van der Waals surface area contributed by atoms with Crippen LogP contribution in [-0.4, -0.2) is 15.6 Å². The molecule has 0 aliphatic carbocycles. The summed E-state index contributed by atoms with van der Waals surface area (Å²) >= 11 is 0. The largest absolute Gasteiger partial charge is 0.477 e. The Kier molecular flexibility index (Phi) is 3.18. The number of hydrogen-bond acceptors (Lipinski definition) is 2. The average Bonchev–Trinajstić information content (AvgIpc) is 2.31. The van der Waals surface area contributed by atoms with Crippen molar-refractivity contribution in [3.05, 3.63) is 46.2 Å². The molecular weight excluding hydrogens is 242 g/mol. The predicted molar refractivity (Wildman–Crippen MR) is 74.6 cm³/mol. The van der Waals surface area contributed by atoms with Gasteiger partial charge in [0, 0.05) is 18.0 Å². The Balaban J connectivity index is 2.83. The van der Waals surface area contributed by atoms with Crippen LogP contribution in [0.5, 0.6) is 0 Å². The van der Waals surface area contributed by atoms with Crippen molar-refractivity contribution in [2.75, 3.05) is 0 Å². The van der Waals surface area contributed by atoms with E-state index in [2.05, 4.69) is 0 Å². The van der Waals surface area contributed by atoms with E-state index >= 15 is 0 Å². The highest BCUT2D eigenvalue weighted by molar-refractivity contribution is 5.90. The third-order valence-corrected chi connectivity index (χ3v) is 2.87.